The van der Waals surface area contributed by atoms with Crippen molar-refractivity contribution >= 4 is 11.4 Å². The molecule has 20 heavy (non-hydrogen) atoms. The predicted octanol–water partition coefficient (Wildman–Crippen LogP) is 3.16. The molecular weight excluding hydrogens is 270 g/mol. The van der Waals surface area contributed by atoms with Crippen LogP contribution >= 0.6 is 0 Å². The molecule has 0 aliphatic heterocycles. The van der Waals surface area contributed by atoms with Gasteiger partial charge >= 0.3 is 0 Å². The number of nitro benzene ring substituents is 1. The van der Waals surface area contributed by atoms with Gasteiger partial charge in [-0.2, -0.15) is 0 Å². The summed E-state index contributed by atoms with van der Waals surface area (Å²) in [4.78, 5) is 17.0. The van der Waals surface area contributed by atoms with Crippen LogP contribution in [0.15, 0.2) is 24.5 Å². The van der Waals surface area contributed by atoms with Gasteiger partial charge in [0.25, 0.3) is 5.69 Å². The highest BCUT2D eigenvalue weighted by molar-refractivity contribution is 5.63. The van der Waals surface area contributed by atoms with Gasteiger partial charge in [0.15, 0.2) is 17.3 Å². The van der Waals surface area contributed by atoms with Gasteiger partial charge in [-0.3, -0.25) is 10.1 Å². The maximum Gasteiger partial charge on any atom is 0.295 e. The molecule has 0 radical (unpaired) electrons. The molecule has 6 nitrogen and oxygen atoms in total. The molecule has 1 aromatic carbocycles. The molecule has 0 fully saturated rings. The molecular formula is C12H12F2N4O2. The number of imidazole rings is 1. The van der Waals surface area contributed by atoms with E-state index in [-0.39, 0.29) is 0 Å². The number of hydrogen-bond donors (Lipinski definition) is 2. The van der Waals surface area contributed by atoms with Crippen molar-refractivity contribution in [1.82, 2.24) is 9.97 Å². The van der Waals surface area contributed by atoms with Crippen molar-refractivity contribution in [1.29, 1.82) is 0 Å². The number of rotatable bonds is 5. The smallest absolute Gasteiger partial charge is 0.295 e. The summed E-state index contributed by atoms with van der Waals surface area (Å²) in [5, 5.41) is 13.5. The number of aromatic nitrogens is 2. The molecule has 0 amide bonds. The van der Waals surface area contributed by atoms with Crippen LogP contribution in [-0.4, -0.2) is 14.9 Å². The summed E-state index contributed by atoms with van der Waals surface area (Å²) < 4.78 is 27.0. The van der Waals surface area contributed by atoms with Gasteiger partial charge in [0, 0.05) is 18.5 Å². The van der Waals surface area contributed by atoms with E-state index < -0.39 is 34.0 Å². The van der Waals surface area contributed by atoms with Crippen LogP contribution in [0.4, 0.5) is 20.2 Å². The van der Waals surface area contributed by atoms with Crippen molar-refractivity contribution in [2.24, 2.45) is 0 Å². The first-order valence-corrected chi connectivity index (χ1v) is 5.92. The highest BCUT2D eigenvalue weighted by Gasteiger charge is 2.24. The molecule has 8 heteroatoms. The number of anilines is 1. The Bertz CT molecular complexity index is 616. The van der Waals surface area contributed by atoms with Crippen LogP contribution in [0, 0.1) is 21.7 Å². The standard InChI is InChI=1S/C12H12F2N4O2/c1-2-8(12-15-5-6-16-12)17-11-9(18(19)20)4-3-7(13)10(11)14/h3-6,8,17H,2H2,1H3,(H,15,16). The Morgan fingerprint density at radius 3 is 2.80 bits per heavy atom. The van der Waals surface area contributed by atoms with E-state index in [1.807, 2.05) is 0 Å². The van der Waals surface area contributed by atoms with Crippen LogP contribution < -0.4 is 5.32 Å². The lowest BCUT2D eigenvalue weighted by Crippen LogP contribution is -2.14. The predicted molar refractivity (Wildman–Crippen MR) is 68.3 cm³/mol. The maximum absolute atomic E-state index is 13.8. The van der Waals surface area contributed by atoms with E-state index in [0.29, 0.717) is 12.2 Å². The Morgan fingerprint density at radius 2 is 2.25 bits per heavy atom. The molecule has 1 unspecified atom stereocenters. The average molecular weight is 282 g/mol. The molecule has 106 valence electrons. The number of aromatic amines is 1. The molecule has 1 aromatic heterocycles. The zero-order valence-electron chi connectivity index (χ0n) is 10.6. The number of nitrogens with one attached hydrogen (secondary N) is 2. The molecule has 0 aliphatic carbocycles. The van der Waals surface area contributed by atoms with Gasteiger partial charge in [0.05, 0.1) is 11.0 Å². The highest BCUT2D eigenvalue weighted by Crippen LogP contribution is 2.32. The molecule has 0 spiro atoms. The van der Waals surface area contributed by atoms with Gasteiger partial charge in [0.1, 0.15) is 5.82 Å². The Labute approximate surface area is 113 Å². The van der Waals surface area contributed by atoms with Crippen LogP contribution in [0.25, 0.3) is 0 Å². The zero-order chi connectivity index (χ0) is 14.7. The van der Waals surface area contributed by atoms with Crippen molar-refractivity contribution < 1.29 is 13.7 Å². The van der Waals surface area contributed by atoms with Crippen LogP contribution in [0.3, 0.4) is 0 Å². The fraction of sp³-hybridized carbons (Fsp3) is 0.250. The molecule has 0 aliphatic rings. The van der Waals surface area contributed by atoms with Crippen LogP contribution in [0.5, 0.6) is 0 Å². The zero-order valence-corrected chi connectivity index (χ0v) is 10.6. The lowest BCUT2D eigenvalue weighted by atomic mass is 10.1. The lowest BCUT2D eigenvalue weighted by Gasteiger charge is -2.16. The second-order valence-corrected chi connectivity index (χ2v) is 4.09. The van der Waals surface area contributed by atoms with E-state index >= 15 is 0 Å². The van der Waals surface area contributed by atoms with Crippen molar-refractivity contribution in [3.8, 4) is 0 Å². The van der Waals surface area contributed by atoms with E-state index in [4.69, 9.17) is 0 Å². The number of nitro groups is 1. The summed E-state index contributed by atoms with van der Waals surface area (Å²) in [7, 11) is 0. The summed E-state index contributed by atoms with van der Waals surface area (Å²) in [5.41, 5.74) is -0.993. The van der Waals surface area contributed by atoms with Gasteiger partial charge < -0.3 is 10.3 Å². The van der Waals surface area contributed by atoms with E-state index in [1.165, 1.54) is 6.20 Å². The van der Waals surface area contributed by atoms with Crippen LogP contribution in [0.2, 0.25) is 0 Å². The van der Waals surface area contributed by atoms with Crippen LogP contribution in [0.1, 0.15) is 25.2 Å². The maximum atomic E-state index is 13.8. The number of nitrogens with zero attached hydrogens (tertiary/aromatic N) is 2. The second kappa shape index (κ2) is 5.64. The minimum atomic E-state index is -1.27. The van der Waals surface area contributed by atoms with Crippen LogP contribution in [-0.2, 0) is 0 Å². The van der Waals surface area contributed by atoms with Gasteiger partial charge in [-0.15, -0.1) is 0 Å². The minimum absolute atomic E-state index is 0.474. The van der Waals surface area contributed by atoms with Crippen molar-refractivity contribution in [2.45, 2.75) is 19.4 Å². The normalized spacial score (nSPS) is 12.2. The summed E-state index contributed by atoms with van der Waals surface area (Å²) >= 11 is 0. The van der Waals surface area contributed by atoms with Gasteiger partial charge in [0.2, 0.25) is 0 Å². The molecule has 1 heterocycles. The Balaban J connectivity index is 2.41. The molecule has 2 rings (SSSR count). The van der Waals surface area contributed by atoms with E-state index in [0.717, 1.165) is 12.1 Å². The first-order valence-electron chi connectivity index (χ1n) is 5.92. The Hall–Kier alpha value is -2.51. The largest absolute Gasteiger partial charge is 0.367 e. The average Bonchev–Trinajstić information content (AvgIpc) is 2.94. The first-order chi connectivity index (χ1) is 9.54. The molecule has 0 saturated heterocycles. The number of hydrogen-bond acceptors (Lipinski definition) is 4. The lowest BCUT2D eigenvalue weighted by molar-refractivity contribution is -0.384. The van der Waals surface area contributed by atoms with E-state index in [2.05, 4.69) is 15.3 Å². The highest BCUT2D eigenvalue weighted by atomic mass is 19.2. The van der Waals surface area contributed by atoms with E-state index in [1.54, 1.807) is 13.1 Å². The third kappa shape index (κ3) is 2.58. The summed E-state index contributed by atoms with van der Waals surface area (Å²) in [6, 6.07) is 1.17. The molecule has 0 saturated carbocycles. The monoisotopic (exact) mass is 282 g/mol. The topological polar surface area (TPSA) is 83.8 Å². The third-order valence-electron chi connectivity index (χ3n) is 2.85. The molecule has 2 N–H and O–H groups in total. The van der Waals surface area contributed by atoms with Crippen molar-refractivity contribution in [3.05, 3.63) is 52.1 Å². The van der Waals surface area contributed by atoms with Crippen molar-refractivity contribution in [3.63, 3.8) is 0 Å². The van der Waals surface area contributed by atoms with Crippen molar-refractivity contribution in [2.75, 3.05) is 5.32 Å². The second-order valence-electron chi connectivity index (χ2n) is 4.09. The quantitative estimate of drug-likeness (QED) is 0.651. The Morgan fingerprint density at radius 1 is 1.50 bits per heavy atom. The summed E-state index contributed by atoms with van der Waals surface area (Å²) in [6.07, 6.45) is 3.58. The summed E-state index contributed by atoms with van der Waals surface area (Å²) in [5.74, 6) is -1.93. The first kappa shape index (κ1) is 13.9. The molecule has 2 aromatic rings. The van der Waals surface area contributed by atoms with Gasteiger partial charge in [-0.25, -0.2) is 13.8 Å². The number of H-pyrrole nitrogens is 1. The molecule has 0 bridgehead atoms. The fourth-order valence-electron chi connectivity index (χ4n) is 1.84. The summed E-state index contributed by atoms with van der Waals surface area (Å²) in [6.45, 7) is 1.79. The number of benzene rings is 1. The molecule has 1 atom stereocenters. The fourth-order valence-corrected chi connectivity index (χ4v) is 1.84. The Kier molecular flexibility index (Phi) is 3.92. The number of halogens is 2. The third-order valence-corrected chi connectivity index (χ3v) is 2.85. The van der Waals surface area contributed by atoms with Gasteiger partial charge in [-0.1, -0.05) is 6.92 Å². The van der Waals surface area contributed by atoms with E-state index in [9.17, 15) is 18.9 Å². The minimum Gasteiger partial charge on any atom is -0.367 e. The van der Waals surface area contributed by atoms with Gasteiger partial charge in [-0.05, 0) is 12.5 Å². The SMILES string of the molecule is CCC(Nc1c([N+](=O)[O-])ccc(F)c1F)c1ncc[nH]1.